The highest BCUT2D eigenvalue weighted by Gasteiger charge is 2.31. The van der Waals surface area contributed by atoms with Gasteiger partial charge in [0, 0.05) is 0 Å². The quantitative estimate of drug-likeness (QED) is 0.814. The second-order valence-corrected chi connectivity index (χ2v) is 4.40. The highest BCUT2D eigenvalue weighted by Crippen LogP contribution is 2.23. The lowest BCUT2D eigenvalue weighted by atomic mass is 10.0. The molecule has 0 atom stereocenters. The first kappa shape index (κ1) is 12.0. The second kappa shape index (κ2) is 3.80. The van der Waals surface area contributed by atoms with Crippen molar-refractivity contribution in [1.82, 2.24) is 15.0 Å². The summed E-state index contributed by atoms with van der Waals surface area (Å²) in [6.45, 7) is 3.12. The monoisotopic (exact) mass is 248 g/mol. The molecule has 0 saturated carbocycles. The molecule has 0 aliphatic rings. The molecule has 0 bridgehead atoms. The van der Waals surface area contributed by atoms with Crippen LogP contribution in [0.15, 0.2) is 18.2 Å². The topological polar surface area (TPSA) is 111 Å². The van der Waals surface area contributed by atoms with E-state index in [1.165, 1.54) is 10.7 Å². The van der Waals surface area contributed by atoms with Crippen LogP contribution in [0.25, 0.3) is 11.0 Å². The zero-order chi connectivity index (χ0) is 13.5. The van der Waals surface area contributed by atoms with Crippen LogP contribution in [0.2, 0.25) is 0 Å². The fraction of sp³-hybridized carbons (Fsp3) is 0.273. The molecule has 7 heteroatoms. The highest BCUT2D eigenvalue weighted by atomic mass is 16.4. The van der Waals surface area contributed by atoms with E-state index in [9.17, 15) is 9.59 Å². The van der Waals surface area contributed by atoms with Crippen LogP contribution in [0.1, 0.15) is 24.2 Å². The maximum atomic E-state index is 11.4. The van der Waals surface area contributed by atoms with Crippen molar-refractivity contribution in [2.24, 2.45) is 5.73 Å². The lowest BCUT2D eigenvalue weighted by Gasteiger charge is -2.21. The normalized spacial score (nSPS) is 11.7. The van der Waals surface area contributed by atoms with E-state index in [4.69, 9.17) is 10.8 Å². The summed E-state index contributed by atoms with van der Waals surface area (Å²) in [6.07, 6.45) is 0. The number of nitrogens with two attached hydrogens (primary N) is 1. The molecule has 7 nitrogen and oxygen atoms in total. The third kappa shape index (κ3) is 1.60. The van der Waals surface area contributed by atoms with Gasteiger partial charge in [-0.2, -0.15) is 0 Å². The number of aromatic carboxylic acids is 1. The summed E-state index contributed by atoms with van der Waals surface area (Å²) in [7, 11) is 0. The van der Waals surface area contributed by atoms with Gasteiger partial charge in [-0.3, -0.25) is 4.79 Å². The number of hydrogen-bond acceptors (Lipinski definition) is 4. The largest absolute Gasteiger partial charge is 0.478 e. The fourth-order valence-electron chi connectivity index (χ4n) is 1.64. The van der Waals surface area contributed by atoms with Crippen molar-refractivity contribution in [3.63, 3.8) is 0 Å². The SMILES string of the molecule is CC(C)(C(N)=O)n1nnc2cccc(C(=O)O)c21. The van der Waals surface area contributed by atoms with Crippen molar-refractivity contribution in [2.45, 2.75) is 19.4 Å². The summed E-state index contributed by atoms with van der Waals surface area (Å²) in [5, 5.41) is 16.8. The Bertz CT molecular complexity index is 645. The number of nitrogens with zero attached hydrogens (tertiary/aromatic N) is 3. The van der Waals surface area contributed by atoms with Crippen LogP contribution < -0.4 is 5.73 Å². The maximum Gasteiger partial charge on any atom is 0.337 e. The molecule has 0 unspecified atom stereocenters. The van der Waals surface area contributed by atoms with Gasteiger partial charge < -0.3 is 10.8 Å². The maximum absolute atomic E-state index is 11.4. The van der Waals surface area contributed by atoms with Crippen LogP contribution in [0.3, 0.4) is 0 Å². The Morgan fingerprint density at radius 1 is 1.39 bits per heavy atom. The lowest BCUT2D eigenvalue weighted by Crippen LogP contribution is -2.42. The lowest BCUT2D eigenvalue weighted by molar-refractivity contribution is -0.125. The number of hydrogen-bond donors (Lipinski definition) is 2. The van der Waals surface area contributed by atoms with E-state index >= 15 is 0 Å². The van der Waals surface area contributed by atoms with E-state index in [1.54, 1.807) is 26.0 Å². The van der Waals surface area contributed by atoms with E-state index < -0.39 is 17.4 Å². The van der Waals surface area contributed by atoms with Crippen LogP contribution in [-0.2, 0) is 10.3 Å². The Hall–Kier alpha value is -2.44. The van der Waals surface area contributed by atoms with Gasteiger partial charge in [-0.15, -0.1) is 5.10 Å². The molecule has 0 radical (unpaired) electrons. The van der Waals surface area contributed by atoms with E-state index in [2.05, 4.69) is 10.3 Å². The number of primary amides is 1. The number of rotatable bonds is 3. The van der Waals surface area contributed by atoms with Gasteiger partial charge in [0.1, 0.15) is 16.6 Å². The molecule has 0 fully saturated rings. The standard InChI is InChI=1S/C11H12N4O3/c1-11(2,10(12)18)15-8-6(9(16)17)4-3-5-7(8)13-14-15/h3-5H,1-2H3,(H2,12,18)(H,16,17). The molecule has 1 aromatic heterocycles. The summed E-state index contributed by atoms with van der Waals surface area (Å²) in [5.74, 6) is -1.72. The predicted molar refractivity (Wildman–Crippen MR) is 63.0 cm³/mol. The Morgan fingerprint density at radius 2 is 2.06 bits per heavy atom. The molecular formula is C11H12N4O3. The zero-order valence-electron chi connectivity index (χ0n) is 9.91. The fourth-order valence-corrected chi connectivity index (χ4v) is 1.64. The Morgan fingerprint density at radius 3 is 2.61 bits per heavy atom. The minimum Gasteiger partial charge on any atom is -0.478 e. The van der Waals surface area contributed by atoms with Crippen LogP contribution in [0.4, 0.5) is 0 Å². The third-order valence-corrected chi connectivity index (χ3v) is 2.83. The number of benzene rings is 1. The van der Waals surface area contributed by atoms with E-state index in [1.807, 2.05) is 0 Å². The number of para-hydroxylation sites is 1. The Kier molecular flexibility index (Phi) is 2.54. The van der Waals surface area contributed by atoms with Crippen molar-refractivity contribution in [2.75, 3.05) is 0 Å². The zero-order valence-corrected chi connectivity index (χ0v) is 9.91. The number of carbonyl (C=O) groups is 2. The van der Waals surface area contributed by atoms with Crippen LogP contribution in [-0.4, -0.2) is 32.0 Å². The predicted octanol–water partition coefficient (Wildman–Crippen LogP) is 0.350. The Labute approximate surface area is 102 Å². The average molecular weight is 248 g/mol. The number of amides is 1. The molecule has 94 valence electrons. The van der Waals surface area contributed by atoms with Crippen molar-refractivity contribution in [1.29, 1.82) is 0 Å². The van der Waals surface area contributed by atoms with Gasteiger partial charge in [0.25, 0.3) is 0 Å². The number of carboxylic acid groups (broad SMARTS) is 1. The van der Waals surface area contributed by atoms with E-state index in [0.29, 0.717) is 5.52 Å². The highest BCUT2D eigenvalue weighted by molar-refractivity contribution is 6.01. The molecule has 3 N–H and O–H groups in total. The molecule has 0 aliphatic carbocycles. The van der Waals surface area contributed by atoms with Crippen molar-refractivity contribution in [3.05, 3.63) is 23.8 Å². The molecule has 1 aromatic carbocycles. The van der Waals surface area contributed by atoms with Crippen molar-refractivity contribution in [3.8, 4) is 0 Å². The minimum atomic E-state index is -1.15. The second-order valence-electron chi connectivity index (χ2n) is 4.40. The van der Waals surface area contributed by atoms with Crippen LogP contribution >= 0.6 is 0 Å². The smallest absolute Gasteiger partial charge is 0.337 e. The molecule has 1 heterocycles. The number of aromatic nitrogens is 3. The Balaban J connectivity index is 2.82. The molecule has 18 heavy (non-hydrogen) atoms. The molecule has 1 amide bonds. The molecule has 2 aromatic rings. The number of fused-ring (bicyclic) bond motifs is 1. The van der Waals surface area contributed by atoms with Crippen LogP contribution in [0, 0.1) is 0 Å². The summed E-state index contributed by atoms with van der Waals surface area (Å²) in [4.78, 5) is 22.6. The van der Waals surface area contributed by atoms with E-state index in [-0.39, 0.29) is 11.1 Å². The molecular weight excluding hydrogens is 236 g/mol. The van der Waals surface area contributed by atoms with Gasteiger partial charge in [-0.1, -0.05) is 11.3 Å². The summed E-state index contributed by atoms with van der Waals surface area (Å²) < 4.78 is 1.24. The van der Waals surface area contributed by atoms with Gasteiger partial charge in [0.15, 0.2) is 0 Å². The molecule has 0 aliphatic heterocycles. The van der Waals surface area contributed by atoms with Gasteiger partial charge in [-0.05, 0) is 26.0 Å². The molecule has 0 spiro atoms. The third-order valence-electron chi connectivity index (χ3n) is 2.83. The van der Waals surface area contributed by atoms with Crippen molar-refractivity contribution >= 4 is 22.9 Å². The minimum absolute atomic E-state index is 0.0341. The molecule has 2 rings (SSSR count). The summed E-state index contributed by atoms with van der Waals surface area (Å²) in [5.41, 5.74) is 4.88. The first-order valence-corrected chi connectivity index (χ1v) is 5.24. The van der Waals surface area contributed by atoms with Gasteiger partial charge in [0.05, 0.1) is 5.56 Å². The van der Waals surface area contributed by atoms with Gasteiger partial charge >= 0.3 is 5.97 Å². The van der Waals surface area contributed by atoms with Crippen molar-refractivity contribution < 1.29 is 14.7 Å². The molecule has 0 saturated heterocycles. The van der Waals surface area contributed by atoms with Crippen LogP contribution in [0.5, 0.6) is 0 Å². The van der Waals surface area contributed by atoms with Gasteiger partial charge in [0.2, 0.25) is 5.91 Å². The number of carboxylic acids is 1. The first-order chi connectivity index (χ1) is 8.35. The summed E-state index contributed by atoms with van der Waals surface area (Å²) >= 11 is 0. The van der Waals surface area contributed by atoms with Gasteiger partial charge in [-0.25, -0.2) is 9.48 Å². The van der Waals surface area contributed by atoms with E-state index in [0.717, 1.165) is 0 Å². The first-order valence-electron chi connectivity index (χ1n) is 5.24. The number of carbonyl (C=O) groups excluding carboxylic acids is 1. The summed E-state index contributed by atoms with van der Waals surface area (Å²) in [6, 6.07) is 4.63. The average Bonchev–Trinajstić information content (AvgIpc) is 2.72.